The summed E-state index contributed by atoms with van der Waals surface area (Å²) in [6.07, 6.45) is 2.37. The van der Waals surface area contributed by atoms with Crippen LogP contribution in [0.3, 0.4) is 0 Å². The van der Waals surface area contributed by atoms with Crippen LogP contribution in [0.2, 0.25) is 0 Å². The lowest BCUT2D eigenvalue weighted by atomic mass is 9.58. The molecular weight excluding hydrogens is 378 g/mol. The molecule has 108 valence electrons. The first kappa shape index (κ1) is 14.8. The Kier molecular flexibility index (Phi) is 3.67. The van der Waals surface area contributed by atoms with E-state index >= 15 is 0 Å². The van der Waals surface area contributed by atoms with Gasteiger partial charge in [-0.25, -0.2) is 0 Å². The Morgan fingerprint density at radius 3 is 2.50 bits per heavy atom. The van der Waals surface area contributed by atoms with Crippen LogP contribution in [0.15, 0.2) is 33.2 Å². The van der Waals surface area contributed by atoms with Crippen LogP contribution in [0.25, 0.3) is 0 Å². The van der Waals surface area contributed by atoms with Gasteiger partial charge in [0.05, 0.1) is 6.04 Å². The summed E-state index contributed by atoms with van der Waals surface area (Å²) in [6, 6.07) is 5.57. The molecule has 2 bridgehead atoms. The van der Waals surface area contributed by atoms with Crippen molar-refractivity contribution in [2.24, 2.45) is 5.41 Å². The first-order valence-corrected chi connectivity index (χ1v) is 8.87. The molecule has 1 fully saturated rings. The lowest BCUT2D eigenvalue weighted by Crippen LogP contribution is -2.96. The number of halogens is 2. The first-order chi connectivity index (χ1) is 9.31. The summed E-state index contributed by atoms with van der Waals surface area (Å²) >= 11 is 7.57. The third-order valence-corrected chi connectivity index (χ3v) is 6.33. The van der Waals surface area contributed by atoms with Gasteiger partial charge in [0, 0.05) is 33.3 Å². The molecule has 0 spiro atoms. The van der Waals surface area contributed by atoms with Crippen molar-refractivity contribution in [3.63, 3.8) is 0 Å². The van der Waals surface area contributed by atoms with Crippen molar-refractivity contribution >= 4 is 31.9 Å². The van der Waals surface area contributed by atoms with Gasteiger partial charge in [0.25, 0.3) is 0 Å². The summed E-state index contributed by atoms with van der Waals surface area (Å²) < 4.78 is 2.55. The third kappa shape index (κ3) is 2.22. The summed E-state index contributed by atoms with van der Waals surface area (Å²) in [4.78, 5) is 0. The van der Waals surface area contributed by atoms with Crippen molar-refractivity contribution in [3.8, 4) is 0 Å². The van der Waals surface area contributed by atoms with Gasteiger partial charge in [-0.15, -0.1) is 0 Å². The van der Waals surface area contributed by atoms with E-state index in [1.165, 1.54) is 32.1 Å². The maximum atomic E-state index is 4.14. The Labute approximate surface area is 138 Å². The minimum absolute atomic E-state index is 0.357. The molecule has 0 aromatic heterocycles. The number of piperidine rings is 1. The molecular formula is C17H22Br2N+. The van der Waals surface area contributed by atoms with E-state index in [4.69, 9.17) is 0 Å². The van der Waals surface area contributed by atoms with Crippen molar-refractivity contribution < 1.29 is 5.32 Å². The van der Waals surface area contributed by atoms with E-state index in [0.29, 0.717) is 23.4 Å². The van der Waals surface area contributed by atoms with E-state index in [0.717, 1.165) is 6.42 Å². The van der Waals surface area contributed by atoms with Crippen molar-refractivity contribution in [3.05, 3.63) is 44.4 Å². The fourth-order valence-electron chi connectivity index (χ4n) is 4.42. The summed E-state index contributed by atoms with van der Waals surface area (Å²) in [5.74, 6) is 0.589. The number of hydrogen-bond donors (Lipinski definition) is 1. The third-order valence-electron chi connectivity index (χ3n) is 4.94. The monoisotopic (exact) mass is 398 g/mol. The SMILES string of the molecule is C=C(C)C[C@@H]1[NH2+][C@H]2CC(C)(C)[C@H]1c1c(Br)ccc(Br)c12. The molecule has 3 aliphatic rings. The molecule has 1 saturated heterocycles. The lowest BCUT2D eigenvalue weighted by molar-refractivity contribution is -0.749. The molecule has 0 saturated carbocycles. The van der Waals surface area contributed by atoms with Crippen LogP contribution in [0, 0.1) is 5.41 Å². The molecule has 1 aromatic carbocycles. The minimum Gasteiger partial charge on any atom is -0.337 e. The van der Waals surface area contributed by atoms with Gasteiger partial charge < -0.3 is 5.32 Å². The van der Waals surface area contributed by atoms with Crippen molar-refractivity contribution in [2.75, 3.05) is 0 Å². The summed E-state index contributed by atoms with van der Waals surface area (Å²) in [6.45, 7) is 11.1. The number of hydrogen-bond acceptors (Lipinski definition) is 0. The summed E-state index contributed by atoms with van der Waals surface area (Å²) in [5.41, 5.74) is 4.70. The molecule has 1 nitrogen and oxygen atoms in total. The summed E-state index contributed by atoms with van der Waals surface area (Å²) in [7, 11) is 0. The van der Waals surface area contributed by atoms with Gasteiger partial charge >= 0.3 is 0 Å². The zero-order valence-corrected chi connectivity index (χ0v) is 15.5. The van der Waals surface area contributed by atoms with Gasteiger partial charge in [0.2, 0.25) is 0 Å². The van der Waals surface area contributed by atoms with Gasteiger partial charge in [-0.1, -0.05) is 57.9 Å². The Bertz CT molecular complexity index is 577. The maximum absolute atomic E-state index is 4.14. The average Bonchev–Trinajstić information content (AvgIpc) is 2.31. The minimum atomic E-state index is 0.357. The zero-order chi connectivity index (χ0) is 14.7. The normalized spacial score (nSPS) is 30.1. The highest BCUT2D eigenvalue weighted by atomic mass is 79.9. The van der Waals surface area contributed by atoms with E-state index in [2.05, 4.69) is 76.7 Å². The Balaban J connectivity index is 2.16. The molecule has 3 atom stereocenters. The highest BCUT2D eigenvalue weighted by molar-refractivity contribution is 9.11. The van der Waals surface area contributed by atoms with E-state index < -0.39 is 0 Å². The summed E-state index contributed by atoms with van der Waals surface area (Å²) in [5, 5.41) is 2.59. The molecule has 2 aliphatic heterocycles. The van der Waals surface area contributed by atoms with Gasteiger partial charge in [0.1, 0.15) is 6.04 Å². The van der Waals surface area contributed by atoms with Gasteiger partial charge in [-0.2, -0.15) is 0 Å². The standard InChI is InChI=1S/C17H21Br2N/c1-9(2)7-12-16-15-11(19)6-5-10(18)14(15)13(20-12)8-17(16,3)4/h5-6,12-13,16,20H,1,7-8H2,2-4H3/p+1/t12-,13-,16+/m0/s1. The van der Waals surface area contributed by atoms with Gasteiger partial charge in [0.15, 0.2) is 0 Å². The average molecular weight is 400 g/mol. The predicted octanol–water partition coefficient (Wildman–Crippen LogP) is 4.68. The number of benzene rings is 1. The molecule has 1 aliphatic carbocycles. The highest BCUT2D eigenvalue weighted by Crippen LogP contribution is 2.56. The second-order valence-corrected chi connectivity index (χ2v) is 8.86. The van der Waals surface area contributed by atoms with Gasteiger partial charge in [-0.3, -0.25) is 0 Å². The quantitative estimate of drug-likeness (QED) is 0.695. The first-order valence-electron chi connectivity index (χ1n) is 7.28. The molecule has 0 amide bonds. The van der Waals surface area contributed by atoms with Crippen molar-refractivity contribution in [2.45, 2.75) is 51.6 Å². The molecule has 0 radical (unpaired) electrons. The van der Waals surface area contributed by atoms with Crippen LogP contribution in [-0.4, -0.2) is 6.04 Å². The molecule has 20 heavy (non-hydrogen) atoms. The van der Waals surface area contributed by atoms with E-state index in [1.807, 2.05) is 0 Å². The Morgan fingerprint density at radius 2 is 1.90 bits per heavy atom. The molecule has 1 aromatic rings. The fourth-order valence-corrected chi connectivity index (χ4v) is 5.65. The van der Waals surface area contributed by atoms with E-state index in [9.17, 15) is 0 Å². The topological polar surface area (TPSA) is 16.6 Å². The van der Waals surface area contributed by atoms with Crippen molar-refractivity contribution in [1.29, 1.82) is 0 Å². The highest BCUT2D eigenvalue weighted by Gasteiger charge is 2.53. The number of quaternary nitrogens is 1. The molecule has 3 heteroatoms. The van der Waals surface area contributed by atoms with Crippen LogP contribution >= 0.6 is 31.9 Å². The van der Waals surface area contributed by atoms with E-state index in [-0.39, 0.29) is 0 Å². The zero-order valence-electron chi connectivity index (χ0n) is 12.3. The molecule has 2 heterocycles. The largest absolute Gasteiger partial charge is 0.337 e. The second-order valence-electron chi connectivity index (χ2n) is 7.15. The van der Waals surface area contributed by atoms with Crippen LogP contribution in [-0.2, 0) is 0 Å². The van der Waals surface area contributed by atoms with Crippen LogP contribution in [0.1, 0.15) is 56.7 Å². The molecule has 2 N–H and O–H groups in total. The van der Waals surface area contributed by atoms with Crippen LogP contribution in [0.5, 0.6) is 0 Å². The maximum Gasteiger partial charge on any atom is 0.114 e. The fraction of sp³-hybridized carbons (Fsp3) is 0.529. The van der Waals surface area contributed by atoms with Crippen LogP contribution in [0.4, 0.5) is 0 Å². The van der Waals surface area contributed by atoms with E-state index in [1.54, 1.807) is 0 Å². The van der Waals surface area contributed by atoms with Gasteiger partial charge in [-0.05, 0) is 30.0 Å². The number of rotatable bonds is 2. The predicted molar refractivity (Wildman–Crippen MR) is 90.9 cm³/mol. The second kappa shape index (κ2) is 4.96. The molecule has 4 rings (SSSR count). The Morgan fingerprint density at radius 1 is 1.30 bits per heavy atom. The number of nitrogens with two attached hydrogens (primary N) is 1. The lowest BCUT2D eigenvalue weighted by Gasteiger charge is -2.52. The smallest absolute Gasteiger partial charge is 0.114 e. The van der Waals surface area contributed by atoms with Crippen molar-refractivity contribution in [1.82, 2.24) is 0 Å². The Hall–Kier alpha value is -0.120. The molecule has 0 unspecified atom stereocenters. The van der Waals surface area contributed by atoms with Crippen LogP contribution < -0.4 is 5.32 Å². The number of fused-ring (bicyclic) bond motifs is 2.